The van der Waals surface area contributed by atoms with Gasteiger partial charge in [0.1, 0.15) is 12.2 Å². The number of amides is 2. The molecule has 0 saturated carbocycles. The first-order valence-corrected chi connectivity index (χ1v) is 6.36. The van der Waals surface area contributed by atoms with Crippen molar-refractivity contribution in [3.63, 3.8) is 0 Å². The van der Waals surface area contributed by atoms with E-state index in [1.165, 1.54) is 0 Å². The van der Waals surface area contributed by atoms with Gasteiger partial charge < -0.3 is 20.1 Å². The van der Waals surface area contributed by atoms with Crippen molar-refractivity contribution < 1.29 is 14.3 Å². The molecule has 1 heterocycles. The summed E-state index contributed by atoms with van der Waals surface area (Å²) in [4.78, 5) is 11.8. The molecule has 2 amide bonds. The number of urea groups is 1. The molecule has 20 heavy (non-hydrogen) atoms. The van der Waals surface area contributed by atoms with Crippen molar-refractivity contribution in [3.05, 3.63) is 29.8 Å². The maximum absolute atomic E-state index is 11.8. The lowest BCUT2D eigenvalue weighted by Gasteiger charge is -2.17. The van der Waals surface area contributed by atoms with Gasteiger partial charge in [0.15, 0.2) is 5.79 Å². The smallest absolute Gasteiger partial charge is 0.319 e. The molecule has 106 valence electrons. The maximum Gasteiger partial charge on any atom is 0.319 e. The van der Waals surface area contributed by atoms with Gasteiger partial charge in [-0.1, -0.05) is 12.1 Å². The van der Waals surface area contributed by atoms with E-state index in [0.29, 0.717) is 24.4 Å². The number of nitrogens with zero attached hydrogens (tertiary/aromatic N) is 1. The largest absolute Gasteiger partial charge is 0.348 e. The van der Waals surface area contributed by atoms with E-state index in [4.69, 9.17) is 14.7 Å². The number of para-hydroxylation sites is 1. The second-order valence-corrected chi connectivity index (χ2v) is 4.94. The van der Waals surface area contributed by atoms with Crippen molar-refractivity contribution >= 4 is 11.7 Å². The predicted octanol–water partition coefficient (Wildman–Crippen LogP) is 1.83. The van der Waals surface area contributed by atoms with Crippen LogP contribution < -0.4 is 10.6 Å². The standard InChI is InChI=1S/C14H17N3O3/c1-14(2)19-9-11(20-14)8-16-13(18)17-12-6-4-3-5-10(12)7-15/h3-6,11H,8-9H2,1-2H3,(H2,16,17,18). The number of rotatable bonds is 3. The molecule has 1 aliphatic heterocycles. The molecule has 1 aliphatic rings. The van der Waals surface area contributed by atoms with Gasteiger partial charge in [0, 0.05) is 6.54 Å². The van der Waals surface area contributed by atoms with Crippen LogP contribution in [0.5, 0.6) is 0 Å². The SMILES string of the molecule is CC1(C)OCC(CNC(=O)Nc2ccccc2C#N)O1. The summed E-state index contributed by atoms with van der Waals surface area (Å²) in [6.07, 6.45) is -0.165. The van der Waals surface area contributed by atoms with Gasteiger partial charge in [-0.05, 0) is 26.0 Å². The summed E-state index contributed by atoms with van der Waals surface area (Å²) >= 11 is 0. The molecule has 0 bridgehead atoms. The Morgan fingerprint density at radius 2 is 2.25 bits per heavy atom. The fourth-order valence-electron chi connectivity index (χ4n) is 1.93. The zero-order valence-electron chi connectivity index (χ0n) is 11.5. The molecule has 6 nitrogen and oxygen atoms in total. The first-order chi connectivity index (χ1) is 9.50. The Morgan fingerprint density at radius 3 is 2.90 bits per heavy atom. The molecule has 2 rings (SSSR count). The Hall–Kier alpha value is -2.10. The normalized spacial score (nSPS) is 20.1. The molecule has 2 N–H and O–H groups in total. The third-order valence-electron chi connectivity index (χ3n) is 2.85. The third kappa shape index (κ3) is 3.70. The minimum absolute atomic E-state index is 0.165. The van der Waals surface area contributed by atoms with Gasteiger partial charge in [-0.15, -0.1) is 0 Å². The van der Waals surface area contributed by atoms with E-state index in [1.807, 2.05) is 19.9 Å². The maximum atomic E-state index is 11.8. The van der Waals surface area contributed by atoms with Gasteiger partial charge in [-0.2, -0.15) is 5.26 Å². The highest BCUT2D eigenvalue weighted by Crippen LogP contribution is 2.21. The van der Waals surface area contributed by atoms with Crippen molar-refractivity contribution in [2.45, 2.75) is 25.7 Å². The lowest BCUT2D eigenvalue weighted by Crippen LogP contribution is -2.37. The Kier molecular flexibility index (Phi) is 4.23. The van der Waals surface area contributed by atoms with E-state index >= 15 is 0 Å². The van der Waals surface area contributed by atoms with Gasteiger partial charge in [-0.25, -0.2) is 4.79 Å². The summed E-state index contributed by atoms with van der Waals surface area (Å²) in [5, 5.41) is 14.3. The van der Waals surface area contributed by atoms with Crippen LogP contribution in [0.15, 0.2) is 24.3 Å². The van der Waals surface area contributed by atoms with Crippen LogP contribution in [-0.4, -0.2) is 31.1 Å². The quantitative estimate of drug-likeness (QED) is 0.881. The van der Waals surface area contributed by atoms with E-state index < -0.39 is 5.79 Å². The van der Waals surface area contributed by atoms with Crippen LogP contribution in [-0.2, 0) is 9.47 Å². The fourth-order valence-corrected chi connectivity index (χ4v) is 1.93. The lowest BCUT2D eigenvalue weighted by molar-refractivity contribution is -0.137. The van der Waals surface area contributed by atoms with Gasteiger partial charge in [0.05, 0.1) is 17.9 Å². The fraction of sp³-hybridized carbons (Fsp3) is 0.429. The number of benzene rings is 1. The molecular formula is C14H17N3O3. The molecule has 1 atom stereocenters. The minimum atomic E-state index is -0.601. The summed E-state index contributed by atoms with van der Waals surface area (Å²) in [7, 11) is 0. The second-order valence-electron chi connectivity index (χ2n) is 4.94. The average molecular weight is 275 g/mol. The average Bonchev–Trinajstić information content (AvgIpc) is 2.77. The van der Waals surface area contributed by atoms with Crippen LogP contribution in [0.3, 0.4) is 0 Å². The molecule has 1 aromatic rings. The van der Waals surface area contributed by atoms with Gasteiger partial charge in [0.2, 0.25) is 0 Å². The molecule has 0 spiro atoms. The summed E-state index contributed by atoms with van der Waals surface area (Å²) in [5.74, 6) is -0.601. The van der Waals surface area contributed by atoms with Crippen molar-refractivity contribution in [1.82, 2.24) is 5.32 Å². The van der Waals surface area contributed by atoms with E-state index in [1.54, 1.807) is 24.3 Å². The number of carbonyl (C=O) groups excluding carboxylic acids is 1. The molecule has 0 radical (unpaired) electrons. The van der Waals surface area contributed by atoms with Crippen LogP contribution >= 0.6 is 0 Å². The lowest BCUT2D eigenvalue weighted by atomic mass is 10.2. The summed E-state index contributed by atoms with van der Waals surface area (Å²) in [6.45, 7) is 4.46. The third-order valence-corrected chi connectivity index (χ3v) is 2.85. The van der Waals surface area contributed by atoms with Crippen LogP contribution in [0.4, 0.5) is 10.5 Å². The first-order valence-electron chi connectivity index (χ1n) is 6.36. The summed E-state index contributed by atoms with van der Waals surface area (Å²) in [5.41, 5.74) is 0.903. The highest BCUT2D eigenvalue weighted by atomic mass is 16.7. The molecule has 6 heteroatoms. The molecule has 1 saturated heterocycles. The first kappa shape index (κ1) is 14.3. The Bertz CT molecular complexity index is 537. The van der Waals surface area contributed by atoms with Gasteiger partial charge >= 0.3 is 6.03 Å². The zero-order valence-corrected chi connectivity index (χ0v) is 11.5. The Balaban J connectivity index is 1.83. The molecule has 0 aliphatic carbocycles. The number of nitrogens with one attached hydrogen (secondary N) is 2. The highest BCUT2D eigenvalue weighted by Gasteiger charge is 2.32. The molecule has 1 aromatic carbocycles. The summed E-state index contributed by atoms with van der Waals surface area (Å²) in [6, 6.07) is 8.47. The van der Waals surface area contributed by atoms with Crippen LogP contribution in [0, 0.1) is 11.3 Å². The van der Waals surface area contributed by atoms with Crippen LogP contribution in [0.25, 0.3) is 0 Å². The molecule has 1 fully saturated rings. The predicted molar refractivity (Wildman–Crippen MR) is 73.1 cm³/mol. The molecular weight excluding hydrogens is 258 g/mol. The van der Waals surface area contributed by atoms with E-state index in [2.05, 4.69) is 10.6 Å². The molecule has 1 unspecified atom stereocenters. The number of ether oxygens (including phenoxy) is 2. The van der Waals surface area contributed by atoms with E-state index in [-0.39, 0.29) is 12.1 Å². The number of nitriles is 1. The highest BCUT2D eigenvalue weighted by molar-refractivity contribution is 5.90. The topological polar surface area (TPSA) is 83.4 Å². The van der Waals surface area contributed by atoms with Crippen molar-refractivity contribution in [1.29, 1.82) is 5.26 Å². The van der Waals surface area contributed by atoms with Crippen LogP contribution in [0.2, 0.25) is 0 Å². The Morgan fingerprint density at radius 1 is 1.50 bits per heavy atom. The number of carbonyl (C=O) groups is 1. The van der Waals surface area contributed by atoms with E-state index in [9.17, 15) is 4.79 Å². The van der Waals surface area contributed by atoms with Crippen molar-refractivity contribution in [3.8, 4) is 6.07 Å². The van der Waals surface area contributed by atoms with Gasteiger partial charge in [0.25, 0.3) is 0 Å². The number of hydrogen-bond acceptors (Lipinski definition) is 4. The monoisotopic (exact) mass is 275 g/mol. The second kappa shape index (κ2) is 5.90. The Labute approximate surface area is 117 Å². The van der Waals surface area contributed by atoms with Crippen LogP contribution in [0.1, 0.15) is 19.4 Å². The number of anilines is 1. The minimum Gasteiger partial charge on any atom is -0.348 e. The van der Waals surface area contributed by atoms with Gasteiger partial charge in [-0.3, -0.25) is 0 Å². The molecule has 0 aromatic heterocycles. The summed E-state index contributed by atoms with van der Waals surface area (Å²) < 4.78 is 11.0. The number of hydrogen-bond donors (Lipinski definition) is 2. The van der Waals surface area contributed by atoms with Crippen molar-refractivity contribution in [2.24, 2.45) is 0 Å². The zero-order chi connectivity index (χ0) is 14.6. The van der Waals surface area contributed by atoms with E-state index in [0.717, 1.165) is 0 Å². The van der Waals surface area contributed by atoms with Crippen molar-refractivity contribution in [2.75, 3.05) is 18.5 Å².